The van der Waals surface area contributed by atoms with Crippen molar-refractivity contribution in [3.8, 4) is 5.75 Å². The smallest absolute Gasteiger partial charge is 0.341 e. The van der Waals surface area contributed by atoms with Crippen LogP contribution < -0.4 is 15.7 Å². The van der Waals surface area contributed by atoms with Crippen molar-refractivity contribution < 1.29 is 24.0 Å². The second-order valence-electron chi connectivity index (χ2n) is 7.67. The molecule has 0 spiro atoms. The zero-order valence-corrected chi connectivity index (χ0v) is 18.1. The summed E-state index contributed by atoms with van der Waals surface area (Å²) in [6, 6.07) is 11.1. The molecule has 0 fully saturated rings. The number of carbonyl (C=O) groups excluding carboxylic acids is 1. The lowest BCUT2D eigenvalue weighted by atomic mass is 9.95. The number of quaternary nitrogens is 1. The highest BCUT2D eigenvalue weighted by Gasteiger charge is 2.15. The molecule has 2 aromatic carbocycles. The molecule has 6 nitrogen and oxygen atoms in total. The fraction of sp³-hybridized carbons (Fsp3) is 0.333. The van der Waals surface area contributed by atoms with Crippen molar-refractivity contribution >= 4 is 16.9 Å². The first-order valence-corrected chi connectivity index (χ1v) is 9.98. The third kappa shape index (κ3) is 4.54. The highest BCUT2D eigenvalue weighted by atomic mass is 16.5. The first-order chi connectivity index (χ1) is 14.3. The number of carbonyl (C=O) groups is 1. The standard InChI is InChI=1S/C24H27NO5/c1-14(2)18-11-19-17(10-23(26)30-22(19)8-15(18)3)13-25-12-16-6-7-21(28-4)20(9-16)24(27)29-5/h6-11,14,25H,12-13H2,1-5H3/p+1. The number of rotatable bonds is 7. The van der Waals surface area contributed by atoms with Crippen LogP contribution in [0, 0.1) is 6.92 Å². The largest absolute Gasteiger partial charge is 0.496 e. The van der Waals surface area contributed by atoms with Gasteiger partial charge in [0.15, 0.2) is 0 Å². The quantitative estimate of drug-likeness (QED) is 0.477. The minimum Gasteiger partial charge on any atom is -0.496 e. The van der Waals surface area contributed by atoms with Gasteiger partial charge in [-0.3, -0.25) is 0 Å². The van der Waals surface area contributed by atoms with E-state index in [1.54, 1.807) is 18.2 Å². The minimum atomic E-state index is -0.433. The van der Waals surface area contributed by atoms with Gasteiger partial charge < -0.3 is 19.2 Å². The van der Waals surface area contributed by atoms with Crippen molar-refractivity contribution in [1.29, 1.82) is 0 Å². The molecule has 0 atom stereocenters. The first-order valence-electron chi connectivity index (χ1n) is 9.98. The highest BCUT2D eigenvalue weighted by Crippen LogP contribution is 2.26. The van der Waals surface area contributed by atoms with Gasteiger partial charge in [0.2, 0.25) is 0 Å². The summed E-state index contributed by atoms with van der Waals surface area (Å²) in [5.74, 6) is 0.431. The molecule has 3 rings (SSSR count). The Bertz CT molecular complexity index is 1130. The van der Waals surface area contributed by atoms with Crippen LogP contribution in [0.3, 0.4) is 0 Å². The van der Waals surface area contributed by atoms with Crippen molar-refractivity contribution in [2.75, 3.05) is 14.2 Å². The van der Waals surface area contributed by atoms with Crippen molar-refractivity contribution in [3.05, 3.63) is 74.6 Å². The highest BCUT2D eigenvalue weighted by molar-refractivity contribution is 5.92. The maximum absolute atomic E-state index is 12.0. The molecule has 0 radical (unpaired) electrons. The summed E-state index contributed by atoms with van der Waals surface area (Å²) >= 11 is 0. The summed E-state index contributed by atoms with van der Waals surface area (Å²) in [6.45, 7) is 7.60. The molecule has 0 saturated carbocycles. The molecule has 30 heavy (non-hydrogen) atoms. The molecule has 1 heterocycles. The molecular weight excluding hydrogens is 382 g/mol. The van der Waals surface area contributed by atoms with E-state index in [0.29, 0.717) is 35.9 Å². The molecule has 0 aliphatic carbocycles. The number of hydrogen-bond donors (Lipinski definition) is 1. The molecule has 2 N–H and O–H groups in total. The van der Waals surface area contributed by atoms with E-state index in [4.69, 9.17) is 13.9 Å². The van der Waals surface area contributed by atoms with E-state index in [1.807, 2.05) is 19.1 Å². The van der Waals surface area contributed by atoms with Gasteiger partial charge in [0.25, 0.3) is 0 Å². The van der Waals surface area contributed by atoms with Crippen LogP contribution in [0.1, 0.15) is 52.4 Å². The average Bonchev–Trinajstić information content (AvgIpc) is 2.72. The fourth-order valence-corrected chi connectivity index (χ4v) is 3.73. The van der Waals surface area contributed by atoms with Crippen LogP contribution in [0.5, 0.6) is 5.75 Å². The molecule has 0 aliphatic heterocycles. The van der Waals surface area contributed by atoms with Crippen molar-refractivity contribution in [3.63, 3.8) is 0 Å². The van der Waals surface area contributed by atoms with Crippen molar-refractivity contribution in [2.24, 2.45) is 0 Å². The summed E-state index contributed by atoms with van der Waals surface area (Å²) < 4.78 is 15.5. The van der Waals surface area contributed by atoms with Crippen LogP contribution >= 0.6 is 0 Å². The summed E-state index contributed by atoms with van der Waals surface area (Å²) in [4.78, 5) is 24.0. The van der Waals surface area contributed by atoms with E-state index in [0.717, 1.165) is 22.1 Å². The number of ether oxygens (including phenoxy) is 2. The Labute approximate surface area is 175 Å². The van der Waals surface area contributed by atoms with Crippen LogP contribution in [0.15, 0.2) is 45.6 Å². The van der Waals surface area contributed by atoms with E-state index in [9.17, 15) is 9.59 Å². The average molecular weight is 410 g/mol. The first kappa shape index (κ1) is 21.6. The lowest BCUT2D eigenvalue weighted by Crippen LogP contribution is -2.80. The van der Waals surface area contributed by atoms with E-state index < -0.39 is 5.97 Å². The molecule has 0 bridgehead atoms. The molecule has 6 heteroatoms. The molecule has 0 aliphatic rings. The Morgan fingerprint density at radius 2 is 1.87 bits per heavy atom. The monoisotopic (exact) mass is 410 g/mol. The molecule has 3 aromatic rings. The number of fused-ring (bicyclic) bond motifs is 1. The van der Waals surface area contributed by atoms with E-state index >= 15 is 0 Å². The predicted octanol–water partition coefficient (Wildman–Crippen LogP) is 3.28. The van der Waals surface area contributed by atoms with Gasteiger partial charge in [-0.25, -0.2) is 9.59 Å². The Morgan fingerprint density at radius 1 is 1.10 bits per heavy atom. The Morgan fingerprint density at radius 3 is 2.53 bits per heavy atom. The van der Waals surface area contributed by atoms with Gasteiger partial charge in [0.1, 0.15) is 30.0 Å². The van der Waals surface area contributed by atoms with Gasteiger partial charge >= 0.3 is 11.6 Å². The Hall–Kier alpha value is -3.12. The number of benzene rings is 2. The second kappa shape index (κ2) is 9.13. The number of esters is 1. The van der Waals surface area contributed by atoms with Gasteiger partial charge in [0, 0.05) is 22.6 Å². The van der Waals surface area contributed by atoms with Crippen LogP contribution in [-0.2, 0) is 17.8 Å². The third-order valence-electron chi connectivity index (χ3n) is 5.25. The molecule has 158 valence electrons. The fourth-order valence-electron chi connectivity index (χ4n) is 3.73. The van der Waals surface area contributed by atoms with E-state index in [1.165, 1.54) is 19.8 Å². The molecular formula is C24H28NO5+. The second-order valence-corrected chi connectivity index (χ2v) is 7.67. The predicted molar refractivity (Wildman–Crippen MR) is 115 cm³/mol. The topological polar surface area (TPSA) is 82.4 Å². The normalized spacial score (nSPS) is 11.1. The maximum atomic E-state index is 12.0. The lowest BCUT2D eigenvalue weighted by Gasteiger charge is -2.13. The van der Waals surface area contributed by atoms with Gasteiger partial charge in [-0.05, 0) is 54.3 Å². The van der Waals surface area contributed by atoms with Crippen LogP contribution in [0.2, 0.25) is 0 Å². The van der Waals surface area contributed by atoms with Crippen LogP contribution in [0.25, 0.3) is 11.0 Å². The van der Waals surface area contributed by atoms with Gasteiger partial charge in [0.05, 0.1) is 14.2 Å². The summed E-state index contributed by atoms with van der Waals surface area (Å²) in [6.07, 6.45) is 0. The molecule has 0 saturated heterocycles. The molecule has 0 amide bonds. The van der Waals surface area contributed by atoms with Crippen LogP contribution in [-0.4, -0.2) is 20.2 Å². The van der Waals surface area contributed by atoms with Gasteiger partial charge in [-0.2, -0.15) is 0 Å². The third-order valence-corrected chi connectivity index (χ3v) is 5.25. The molecule has 0 unspecified atom stereocenters. The molecule has 1 aromatic heterocycles. The Balaban J connectivity index is 1.85. The summed E-state index contributed by atoms with van der Waals surface area (Å²) in [7, 11) is 2.87. The number of aryl methyl sites for hydroxylation is 1. The summed E-state index contributed by atoms with van der Waals surface area (Å²) in [5.41, 5.74) is 4.93. The lowest BCUT2D eigenvalue weighted by molar-refractivity contribution is -0.686. The zero-order valence-electron chi connectivity index (χ0n) is 18.1. The summed E-state index contributed by atoms with van der Waals surface area (Å²) in [5, 5.41) is 3.05. The number of hydrogen-bond acceptors (Lipinski definition) is 5. The van der Waals surface area contributed by atoms with Crippen molar-refractivity contribution in [2.45, 2.75) is 39.8 Å². The van der Waals surface area contributed by atoms with E-state index in [-0.39, 0.29) is 5.63 Å². The number of nitrogens with two attached hydrogens (primary N) is 1. The van der Waals surface area contributed by atoms with Gasteiger partial charge in [-0.1, -0.05) is 13.8 Å². The number of methoxy groups -OCH3 is 2. The van der Waals surface area contributed by atoms with E-state index in [2.05, 4.69) is 25.2 Å². The van der Waals surface area contributed by atoms with Gasteiger partial charge in [-0.15, -0.1) is 0 Å². The van der Waals surface area contributed by atoms with Crippen molar-refractivity contribution in [1.82, 2.24) is 0 Å². The minimum absolute atomic E-state index is 0.347. The SMILES string of the molecule is COC(=O)c1cc(C[NH2+]Cc2cc(=O)oc3cc(C)c(C(C)C)cc23)ccc1OC. The zero-order chi connectivity index (χ0) is 21.8. The van der Waals surface area contributed by atoms with Crippen LogP contribution in [0.4, 0.5) is 0 Å². The maximum Gasteiger partial charge on any atom is 0.341 e. The Kier molecular flexibility index (Phi) is 6.57.